The van der Waals surface area contributed by atoms with Gasteiger partial charge in [0.25, 0.3) is 0 Å². The Hall–Kier alpha value is -2.46. The van der Waals surface area contributed by atoms with Gasteiger partial charge in [-0.1, -0.05) is 60.7 Å². The standard InChI is InChI=1S/C21H22O4/c1-3-24-14-18(22)20(2)15-21(25-19(20)23,16-10-6-4-7-11-16)17-12-8-5-9-13-17/h4-13H,3,14-15H2,1-2H3/t20-/m1/s1. The quantitative estimate of drug-likeness (QED) is 0.598. The number of ether oxygens (including phenoxy) is 2. The molecule has 4 nitrogen and oxygen atoms in total. The summed E-state index contributed by atoms with van der Waals surface area (Å²) in [5, 5.41) is 0. The molecule has 1 heterocycles. The van der Waals surface area contributed by atoms with E-state index in [1.807, 2.05) is 67.6 Å². The zero-order chi connectivity index (χ0) is 17.9. The topological polar surface area (TPSA) is 52.6 Å². The Balaban J connectivity index is 2.06. The van der Waals surface area contributed by atoms with Crippen molar-refractivity contribution in [2.75, 3.05) is 13.2 Å². The van der Waals surface area contributed by atoms with E-state index in [-0.39, 0.29) is 18.8 Å². The van der Waals surface area contributed by atoms with Gasteiger partial charge in [0.05, 0.1) is 0 Å². The third-order valence-corrected chi connectivity index (χ3v) is 4.85. The first-order valence-corrected chi connectivity index (χ1v) is 8.48. The van der Waals surface area contributed by atoms with E-state index >= 15 is 0 Å². The molecule has 130 valence electrons. The molecule has 25 heavy (non-hydrogen) atoms. The van der Waals surface area contributed by atoms with Gasteiger partial charge in [0.2, 0.25) is 0 Å². The molecule has 0 aliphatic carbocycles. The zero-order valence-corrected chi connectivity index (χ0v) is 14.5. The van der Waals surface area contributed by atoms with Crippen molar-refractivity contribution in [1.82, 2.24) is 0 Å². The monoisotopic (exact) mass is 338 g/mol. The molecule has 4 heteroatoms. The molecule has 2 aromatic carbocycles. The van der Waals surface area contributed by atoms with E-state index in [9.17, 15) is 9.59 Å². The Bertz CT molecular complexity index is 714. The number of benzene rings is 2. The van der Waals surface area contributed by atoms with Crippen molar-refractivity contribution in [2.24, 2.45) is 5.41 Å². The number of cyclic esters (lactones) is 1. The molecule has 1 aliphatic rings. The summed E-state index contributed by atoms with van der Waals surface area (Å²) in [6, 6.07) is 19.2. The summed E-state index contributed by atoms with van der Waals surface area (Å²) in [6.07, 6.45) is 0.263. The molecule has 1 saturated heterocycles. The molecule has 1 atom stereocenters. The number of carbonyl (C=O) groups excluding carboxylic acids is 2. The number of hydrogen-bond acceptors (Lipinski definition) is 4. The van der Waals surface area contributed by atoms with Gasteiger partial charge in [-0.3, -0.25) is 9.59 Å². The van der Waals surface area contributed by atoms with Gasteiger partial charge in [-0.15, -0.1) is 0 Å². The molecule has 0 aromatic heterocycles. The van der Waals surface area contributed by atoms with E-state index < -0.39 is 17.0 Å². The molecule has 0 saturated carbocycles. The first-order valence-electron chi connectivity index (χ1n) is 8.48. The van der Waals surface area contributed by atoms with Gasteiger partial charge in [-0.25, -0.2) is 0 Å². The van der Waals surface area contributed by atoms with Crippen LogP contribution in [0.15, 0.2) is 60.7 Å². The van der Waals surface area contributed by atoms with Crippen LogP contribution in [0.4, 0.5) is 0 Å². The van der Waals surface area contributed by atoms with Crippen molar-refractivity contribution in [3.8, 4) is 0 Å². The number of esters is 1. The molecule has 0 radical (unpaired) electrons. The Labute approximate surface area is 147 Å². The summed E-state index contributed by atoms with van der Waals surface area (Å²) in [5.41, 5.74) is -0.457. The lowest BCUT2D eigenvalue weighted by Crippen LogP contribution is -2.36. The van der Waals surface area contributed by atoms with Crippen LogP contribution in [0, 0.1) is 5.41 Å². The molecule has 2 aromatic rings. The summed E-state index contributed by atoms with van der Waals surface area (Å²) < 4.78 is 11.2. The number of rotatable bonds is 6. The first-order chi connectivity index (χ1) is 12.0. The summed E-state index contributed by atoms with van der Waals surface area (Å²) in [6.45, 7) is 3.83. The van der Waals surface area contributed by atoms with Crippen LogP contribution >= 0.6 is 0 Å². The van der Waals surface area contributed by atoms with Crippen LogP contribution in [0.5, 0.6) is 0 Å². The van der Waals surface area contributed by atoms with Crippen LogP contribution in [0.3, 0.4) is 0 Å². The Morgan fingerprint density at radius 3 is 2.04 bits per heavy atom. The van der Waals surface area contributed by atoms with E-state index in [0.29, 0.717) is 6.61 Å². The summed E-state index contributed by atoms with van der Waals surface area (Å²) in [5.74, 6) is -0.738. The normalized spacial score (nSPS) is 21.8. The van der Waals surface area contributed by atoms with Gasteiger partial charge in [-0.2, -0.15) is 0 Å². The summed E-state index contributed by atoms with van der Waals surface area (Å²) >= 11 is 0. The van der Waals surface area contributed by atoms with Crippen LogP contribution < -0.4 is 0 Å². The van der Waals surface area contributed by atoms with Crippen LogP contribution in [-0.4, -0.2) is 25.0 Å². The molecular formula is C21H22O4. The Morgan fingerprint density at radius 2 is 1.56 bits per heavy atom. The Kier molecular flexibility index (Phi) is 4.73. The average molecular weight is 338 g/mol. The second-order valence-corrected chi connectivity index (χ2v) is 6.52. The average Bonchev–Trinajstić information content (AvgIpc) is 2.94. The van der Waals surface area contributed by atoms with E-state index in [1.165, 1.54) is 0 Å². The number of Topliss-reactive ketones (excluding diaryl/α,β-unsaturated/α-hetero) is 1. The minimum atomic E-state index is -1.22. The molecule has 0 bridgehead atoms. The lowest BCUT2D eigenvalue weighted by atomic mass is 9.73. The maximum absolute atomic E-state index is 12.8. The summed E-state index contributed by atoms with van der Waals surface area (Å²) in [4.78, 5) is 25.4. The van der Waals surface area contributed by atoms with Gasteiger partial charge in [0.1, 0.15) is 12.0 Å². The molecule has 0 unspecified atom stereocenters. The van der Waals surface area contributed by atoms with Crippen molar-refractivity contribution in [1.29, 1.82) is 0 Å². The third-order valence-electron chi connectivity index (χ3n) is 4.85. The second kappa shape index (κ2) is 6.81. The fourth-order valence-corrected chi connectivity index (χ4v) is 3.35. The van der Waals surface area contributed by atoms with Crippen molar-refractivity contribution >= 4 is 11.8 Å². The van der Waals surface area contributed by atoms with Gasteiger partial charge in [0.15, 0.2) is 11.4 Å². The highest BCUT2D eigenvalue weighted by molar-refractivity contribution is 6.05. The van der Waals surface area contributed by atoms with Crippen molar-refractivity contribution in [2.45, 2.75) is 25.9 Å². The van der Waals surface area contributed by atoms with Gasteiger partial charge in [0, 0.05) is 24.2 Å². The number of ketones is 1. The minimum Gasteiger partial charge on any atom is -0.448 e. The number of hydrogen-bond donors (Lipinski definition) is 0. The van der Waals surface area contributed by atoms with Gasteiger partial charge >= 0.3 is 5.97 Å². The van der Waals surface area contributed by atoms with Crippen LogP contribution in [-0.2, 0) is 24.7 Å². The molecule has 0 N–H and O–H groups in total. The molecule has 0 amide bonds. The highest BCUT2D eigenvalue weighted by atomic mass is 16.6. The zero-order valence-electron chi connectivity index (χ0n) is 14.5. The van der Waals surface area contributed by atoms with E-state index in [1.54, 1.807) is 6.92 Å². The maximum Gasteiger partial charge on any atom is 0.320 e. The molecule has 1 aliphatic heterocycles. The molecule has 1 fully saturated rings. The van der Waals surface area contributed by atoms with E-state index in [0.717, 1.165) is 11.1 Å². The highest BCUT2D eigenvalue weighted by Crippen LogP contribution is 2.50. The van der Waals surface area contributed by atoms with Gasteiger partial charge in [-0.05, 0) is 13.8 Å². The van der Waals surface area contributed by atoms with Gasteiger partial charge < -0.3 is 9.47 Å². The smallest absolute Gasteiger partial charge is 0.320 e. The SMILES string of the molecule is CCOCC(=O)[C@@]1(C)CC(c2ccccc2)(c2ccccc2)OC1=O. The van der Waals surface area contributed by atoms with E-state index in [2.05, 4.69) is 0 Å². The van der Waals surface area contributed by atoms with Crippen LogP contribution in [0.1, 0.15) is 31.4 Å². The van der Waals surface area contributed by atoms with Crippen LogP contribution in [0.2, 0.25) is 0 Å². The maximum atomic E-state index is 12.8. The predicted octanol–water partition coefficient (Wildman–Crippen LogP) is 3.49. The molecule has 3 rings (SSSR count). The van der Waals surface area contributed by atoms with Crippen LogP contribution in [0.25, 0.3) is 0 Å². The predicted molar refractivity (Wildman–Crippen MR) is 94.0 cm³/mol. The molecule has 0 spiro atoms. The summed E-state index contributed by atoms with van der Waals surface area (Å²) in [7, 11) is 0. The van der Waals surface area contributed by atoms with Crippen molar-refractivity contribution < 1.29 is 19.1 Å². The first kappa shape index (κ1) is 17.4. The fourth-order valence-electron chi connectivity index (χ4n) is 3.35. The number of carbonyl (C=O) groups is 2. The lowest BCUT2D eigenvalue weighted by Gasteiger charge is -2.29. The second-order valence-electron chi connectivity index (χ2n) is 6.52. The van der Waals surface area contributed by atoms with Crippen molar-refractivity contribution in [3.63, 3.8) is 0 Å². The minimum absolute atomic E-state index is 0.0816. The Morgan fingerprint density at radius 1 is 1.04 bits per heavy atom. The lowest BCUT2D eigenvalue weighted by molar-refractivity contribution is -0.155. The fraction of sp³-hybridized carbons (Fsp3) is 0.333. The molecular weight excluding hydrogens is 316 g/mol. The third kappa shape index (κ3) is 2.98. The van der Waals surface area contributed by atoms with E-state index in [4.69, 9.17) is 9.47 Å². The highest BCUT2D eigenvalue weighted by Gasteiger charge is 2.59. The largest absolute Gasteiger partial charge is 0.448 e. The van der Waals surface area contributed by atoms with Crippen molar-refractivity contribution in [3.05, 3.63) is 71.8 Å².